The number of benzene rings is 2. The first kappa shape index (κ1) is 16.1. The Balaban J connectivity index is 1.65. The molecule has 0 aromatic heterocycles. The molecule has 0 saturated heterocycles. The zero-order valence-corrected chi connectivity index (χ0v) is 14.2. The number of nitrogens with one attached hydrogen (secondary N) is 1. The molecule has 0 unspecified atom stereocenters. The van der Waals surface area contributed by atoms with Gasteiger partial charge in [-0.15, -0.1) is 0 Å². The normalized spacial score (nSPS) is 13.0. The number of carbonyl (C=O) groups excluding carboxylic acids is 2. The minimum atomic E-state index is -0.103. The smallest absolute Gasteiger partial charge is 0.251 e. The van der Waals surface area contributed by atoms with E-state index in [4.69, 9.17) is 0 Å². The fraction of sp³-hybridized carbons (Fsp3) is 0.263. The maximum absolute atomic E-state index is 12.2. The number of carbonyl (C=O) groups is 2. The number of rotatable bonds is 4. The first-order valence-corrected chi connectivity index (χ1v) is 7.89. The number of hydrogen-bond donors (Lipinski definition) is 1. The molecule has 0 fully saturated rings. The minimum Gasteiger partial charge on any atom is -0.378 e. The number of fused-ring (bicyclic) bond motifs is 1. The van der Waals surface area contributed by atoms with E-state index in [9.17, 15) is 9.59 Å². The van der Waals surface area contributed by atoms with Gasteiger partial charge in [-0.1, -0.05) is 12.1 Å². The van der Waals surface area contributed by atoms with Crippen LogP contribution in [0.25, 0.3) is 0 Å². The van der Waals surface area contributed by atoms with Gasteiger partial charge in [0.15, 0.2) is 0 Å². The third kappa shape index (κ3) is 3.11. The zero-order chi connectivity index (χ0) is 17.3. The first-order chi connectivity index (χ1) is 11.5. The summed E-state index contributed by atoms with van der Waals surface area (Å²) in [4.78, 5) is 27.6. The van der Waals surface area contributed by atoms with Crippen molar-refractivity contribution in [3.05, 3.63) is 59.2 Å². The first-order valence-electron chi connectivity index (χ1n) is 7.89. The molecule has 3 rings (SSSR count). The summed E-state index contributed by atoms with van der Waals surface area (Å²) in [6.45, 7) is 0.444. The van der Waals surface area contributed by atoms with Crippen LogP contribution < -0.4 is 15.1 Å². The lowest BCUT2D eigenvalue weighted by Crippen LogP contribution is -2.23. The topological polar surface area (TPSA) is 52.7 Å². The third-order valence-electron chi connectivity index (χ3n) is 4.32. The molecular formula is C19H21N3O2. The van der Waals surface area contributed by atoms with E-state index in [-0.39, 0.29) is 11.8 Å². The second-order valence-electron chi connectivity index (χ2n) is 6.22. The Hall–Kier alpha value is -2.82. The van der Waals surface area contributed by atoms with E-state index < -0.39 is 0 Å². The lowest BCUT2D eigenvalue weighted by atomic mass is 10.1. The number of anilines is 2. The standard InChI is InChI=1S/C19H21N3O2/c1-21(2)16-7-5-14(6-8-16)19(24)20-12-13-4-9-17-15(10-13)11-18(23)22(17)3/h4-10H,11-12H2,1-3H3,(H,20,24). The maximum Gasteiger partial charge on any atom is 0.251 e. The van der Waals surface area contributed by atoms with Gasteiger partial charge in [-0.3, -0.25) is 9.59 Å². The van der Waals surface area contributed by atoms with E-state index in [1.807, 2.05) is 61.5 Å². The van der Waals surface area contributed by atoms with Crippen molar-refractivity contribution < 1.29 is 9.59 Å². The summed E-state index contributed by atoms with van der Waals surface area (Å²) in [5.41, 5.74) is 4.66. The van der Waals surface area contributed by atoms with Crippen LogP contribution in [0.15, 0.2) is 42.5 Å². The van der Waals surface area contributed by atoms with E-state index in [1.54, 1.807) is 11.9 Å². The summed E-state index contributed by atoms with van der Waals surface area (Å²) in [6, 6.07) is 13.4. The average molecular weight is 323 g/mol. The van der Waals surface area contributed by atoms with Gasteiger partial charge >= 0.3 is 0 Å². The molecule has 2 aromatic rings. The van der Waals surface area contributed by atoms with Crippen molar-refractivity contribution in [2.75, 3.05) is 30.9 Å². The largest absolute Gasteiger partial charge is 0.378 e. The van der Waals surface area contributed by atoms with Crippen LogP contribution >= 0.6 is 0 Å². The van der Waals surface area contributed by atoms with E-state index in [2.05, 4.69) is 5.32 Å². The van der Waals surface area contributed by atoms with Crippen molar-refractivity contribution in [1.82, 2.24) is 5.32 Å². The van der Waals surface area contributed by atoms with E-state index in [0.717, 1.165) is 22.5 Å². The monoisotopic (exact) mass is 323 g/mol. The summed E-state index contributed by atoms with van der Waals surface area (Å²) >= 11 is 0. The highest BCUT2D eigenvalue weighted by atomic mass is 16.2. The second-order valence-corrected chi connectivity index (χ2v) is 6.22. The Bertz CT molecular complexity index is 782. The third-order valence-corrected chi connectivity index (χ3v) is 4.32. The molecule has 0 atom stereocenters. The molecule has 0 bridgehead atoms. The number of nitrogens with zero attached hydrogens (tertiary/aromatic N) is 2. The molecule has 5 heteroatoms. The predicted octanol–water partition coefficient (Wildman–Crippen LogP) is 2.20. The van der Waals surface area contributed by atoms with Crippen molar-refractivity contribution in [2.45, 2.75) is 13.0 Å². The highest BCUT2D eigenvalue weighted by molar-refractivity contribution is 6.01. The van der Waals surface area contributed by atoms with Crippen LogP contribution in [0.2, 0.25) is 0 Å². The molecule has 0 aliphatic carbocycles. The van der Waals surface area contributed by atoms with Crippen molar-refractivity contribution in [2.24, 2.45) is 0 Å². The molecule has 2 aromatic carbocycles. The highest BCUT2D eigenvalue weighted by Crippen LogP contribution is 2.28. The molecular weight excluding hydrogens is 302 g/mol. The molecule has 0 saturated carbocycles. The van der Waals surface area contributed by atoms with Crippen molar-refractivity contribution in [1.29, 1.82) is 0 Å². The van der Waals surface area contributed by atoms with Crippen LogP contribution in [0.5, 0.6) is 0 Å². The van der Waals surface area contributed by atoms with Crippen LogP contribution in [-0.2, 0) is 17.8 Å². The van der Waals surface area contributed by atoms with Gasteiger partial charge in [-0.05, 0) is 41.5 Å². The lowest BCUT2D eigenvalue weighted by molar-refractivity contribution is -0.117. The Morgan fingerprint density at radius 1 is 1.17 bits per heavy atom. The molecule has 5 nitrogen and oxygen atoms in total. The molecule has 1 heterocycles. The zero-order valence-electron chi connectivity index (χ0n) is 14.2. The van der Waals surface area contributed by atoms with E-state index in [0.29, 0.717) is 18.5 Å². The van der Waals surface area contributed by atoms with Gasteiger partial charge in [0.05, 0.1) is 6.42 Å². The molecule has 1 aliphatic heterocycles. The van der Waals surface area contributed by atoms with Crippen LogP contribution in [0, 0.1) is 0 Å². The van der Waals surface area contributed by atoms with Crippen LogP contribution in [0.4, 0.5) is 11.4 Å². The van der Waals surface area contributed by atoms with Crippen molar-refractivity contribution in [3.63, 3.8) is 0 Å². The molecule has 24 heavy (non-hydrogen) atoms. The summed E-state index contributed by atoms with van der Waals surface area (Å²) < 4.78 is 0. The van der Waals surface area contributed by atoms with Crippen molar-refractivity contribution >= 4 is 23.2 Å². The summed E-state index contributed by atoms with van der Waals surface area (Å²) in [6.07, 6.45) is 0.430. The lowest BCUT2D eigenvalue weighted by Gasteiger charge is -2.13. The van der Waals surface area contributed by atoms with Gasteiger partial charge in [0.2, 0.25) is 5.91 Å². The maximum atomic E-state index is 12.2. The summed E-state index contributed by atoms with van der Waals surface area (Å²) in [5, 5.41) is 2.93. The molecule has 124 valence electrons. The fourth-order valence-corrected chi connectivity index (χ4v) is 2.83. The van der Waals surface area contributed by atoms with Crippen LogP contribution in [-0.4, -0.2) is 33.0 Å². The Labute approximate surface area is 141 Å². The quantitative estimate of drug-likeness (QED) is 0.938. The van der Waals surface area contributed by atoms with Crippen molar-refractivity contribution in [3.8, 4) is 0 Å². The van der Waals surface area contributed by atoms with Gasteiger partial charge in [-0.25, -0.2) is 0 Å². The number of likely N-dealkylation sites (N-methyl/N-ethyl adjacent to an activating group) is 1. The van der Waals surface area contributed by atoms with Gasteiger partial charge in [0, 0.05) is 44.6 Å². The van der Waals surface area contributed by atoms with Crippen LogP contribution in [0.3, 0.4) is 0 Å². The Morgan fingerprint density at radius 3 is 2.54 bits per heavy atom. The highest BCUT2D eigenvalue weighted by Gasteiger charge is 2.23. The summed E-state index contributed by atoms with van der Waals surface area (Å²) in [5.74, 6) is 0.00108. The fourth-order valence-electron chi connectivity index (χ4n) is 2.83. The van der Waals surface area contributed by atoms with Gasteiger partial charge in [0.1, 0.15) is 0 Å². The number of amides is 2. The van der Waals surface area contributed by atoms with Gasteiger partial charge in [0.25, 0.3) is 5.91 Å². The van der Waals surface area contributed by atoms with Gasteiger partial charge < -0.3 is 15.1 Å². The van der Waals surface area contributed by atoms with E-state index >= 15 is 0 Å². The predicted molar refractivity (Wildman–Crippen MR) is 95.5 cm³/mol. The molecule has 1 N–H and O–H groups in total. The molecule has 0 radical (unpaired) electrons. The van der Waals surface area contributed by atoms with Gasteiger partial charge in [-0.2, -0.15) is 0 Å². The molecule has 1 aliphatic rings. The SMILES string of the molecule is CN(C)c1ccc(C(=O)NCc2ccc3c(c2)CC(=O)N3C)cc1. The van der Waals surface area contributed by atoms with E-state index in [1.165, 1.54) is 0 Å². The molecule has 0 spiro atoms. The number of hydrogen-bond acceptors (Lipinski definition) is 3. The molecule has 2 amide bonds. The second kappa shape index (κ2) is 6.35. The van der Waals surface area contributed by atoms with Crippen LogP contribution in [0.1, 0.15) is 21.5 Å². The average Bonchev–Trinajstić information content (AvgIpc) is 2.86. The minimum absolute atomic E-state index is 0.103. The Morgan fingerprint density at radius 2 is 1.88 bits per heavy atom. The Kier molecular flexibility index (Phi) is 4.25. The summed E-state index contributed by atoms with van der Waals surface area (Å²) in [7, 11) is 5.71.